The summed E-state index contributed by atoms with van der Waals surface area (Å²) in [5, 5.41) is 14.1. The van der Waals surface area contributed by atoms with Crippen LogP contribution in [0.1, 0.15) is 22.1 Å². The van der Waals surface area contributed by atoms with Gasteiger partial charge in [0.1, 0.15) is 0 Å². The van der Waals surface area contributed by atoms with Crippen molar-refractivity contribution in [1.82, 2.24) is 0 Å². The van der Waals surface area contributed by atoms with E-state index in [0.717, 1.165) is 0 Å². The van der Waals surface area contributed by atoms with Gasteiger partial charge in [0.15, 0.2) is 12.0 Å². The molecule has 1 aliphatic heterocycles. The zero-order valence-corrected chi connectivity index (χ0v) is 11.6. The Kier molecular flexibility index (Phi) is 3.38. The fourth-order valence-electron chi connectivity index (χ4n) is 2.29. The second-order valence-electron chi connectivity index (χ2n) is 4.66. The molecular weight excluding hydrogens is 288 g/mol. The predicted molar refractivity (Wildman–Crippen MR) is 77.9 cm³/mol. The van der Waals surface area contributed by atoms with Gasteiger partial charge < -0.3 is 14.8 Å². The number of nitro benzene ring substituents is 1. The molecule has 0 spiro atoms. The molecule has 22 heavy (non-hydrogen) atoms. The molecule has 0 aliphatic carbocycles. The molecule has 112 valence electrons. The number of para-hydroxylation sites is 1. The Bertz CT molecular complexity index is 759. The standard InChI is InChI=1S/C15H12N2O5/c1-21-13-7-6-9(8-12(13)17(19)20)14-16-11-5-3-2-4-10(11)15(18)22-14/h2-8,14,16H,1H3. The Morgan fingerprint density at radius 1 is 1.27 bits per heavy atom. The molecule has 1 atom stereocenters. The van der Waals surface area contributed by atoms with Crippen LogP contribution < -0.4 is 10.1 Å². The molecular formula is C15H12N2O5. The van der Waals surface area contributed by atoms with E-state index in [1.807, 2.05) is 0 Å². The van der Waals surface area contributed by atoms with Crippen molar-refractivity contribution in [2.24, 2.45) is 0 Å². The number of hydrogen-bond donors (Lipinski definition) is 1. The summed E-state index contributed by atoms with van der Waals surface area (Å²) in [5.74, 6) is -0.325. The number of cyclic esters (lactones) is 1. The maximum Gasteiger partial charge on any atom is 0.342 e. The summed E-state index contributed by atoms with van der Waals surface area (Å²) in [6.07, 6.45) is -0.785. The van der Waals surface area contributed by atoms with Crippen molar-refractivity contribution in [3.05, 3.63) is 63.7 Å². The molecule has 0 aromatic heterocycles. The fourth-order valence-corrected chi connectivity index (χ4v) is 2.29. The van der Waals surface area contributed by atoms with Crippen molar-refractivity contribution in [3.63, 3.8) is 0 Å². The number of esters is 1. The van der Waals surface area contributed by atoms with Crippen LogP contribution in [0.4, 0.5) is 11.4 Å². The highest BCUT2D eigenvalue weighted by Gasteiger charge is 2.28. The van der Waals surface area contributed by atoms with Gasteiger partial charge in [-0.3, -0.25) is 10.1 Å². The molecule has 1 heterocycles. The van der Waals surface area contributed by atoms with Crippen molar-refractivity contribution < 1.29 is 19.2 Å². The summed E-state index contributed by atoms with van der Waals surface area (Å²) < 4.78 is 10.3. The lowest BCUT2D eigenvalue weighted by molar-refractivity contribution is -0.385. The third-order valence-corrected chi connectivity index (χ3v) is 3.36. The number of nitro groups is 1. The number of nitrogens with zero attached hydrogens (tertiary/aromatic N) is 1. The molecule has 1 aliphatic rings. The van der Waals surface area contributed by atoms with Crippen LogP contribution in [0.15, 0.2) is 42.5 Å². The van der Waals surface area contributed by atoms with Gasteiger partial charge in [-0.05, 0) is 24.3 Å². The molecule has 0 amide bonds. The SMILES string of the molecule is COc1ccc(C2Nc3ccccc3C(=O)O2)cc1[N+](=O)[O-]. The second-order valence-corrected chi connectivity index (χ2v) is 4.66. The van der Waals surface area contributed by atoms with Gasteiger partial charge in [0.2, 0.25) is 0 Å². The zero-order chi connectivity index (χ0) is 15.7. The third kappa shape index (κ3) is 2.32. The largest absolute Gasteiger partial charge is 0.490 e. The number of benzene rings is 2. The Labute approximate surface area is 125 Å². The number of ether oxygens (including phenoxy) is 2. The van der Waals surface area contributed by atoms with Gasteiger partial charge in [-0.1, -0.05) is 12.1 Å². The smallest absolute Gasteiger partial charge is 0.342 e. The first-order valence-electron chi connectivity index (χ1n) is 6.49. The lowest BCUT2D eigenvalue weighted by atomic mass is 10.1. The van der Waals surface area contributed by atoms with Crippen LogP contribution in [0.25, 0.3) is 0 Å². The molecule has 7 heteroatoms. The highest BCUT2D eigenvalue weighted by molar-refractivity contribution is 5.97. The van der Waals surface area contributed by atoms with E-state index < -0.39 is 17.1 Å². The van der Waals surface area contributed by atoms with E-state index in [9.17, 15) is 14.9 Å². The highest BCUT2D eigenvalue weighted by atomic mass is 16.6. The molecule has 1 unspecified atom stereocenters. The Hall–Kier alpha value is -3.09. The number of anilines is 1. The van der Waals surface area contributed by atoms with E-state index in [4.69, 9.17) is 9.47 Å². The molecule has 0 saturated carbocycles. The molecule has 0 fully saturated rings. The van der Waals surface area contributed by atoms with Gasteiger partial charge in [0, 0.05) is 11.6 Å². The van der Waals surface area contributed by atoms with Crippen molar-refractivity contribution >= 4 is 17.3 Å². The highest BCUT2D eigenvalue weighted by Crippen LogP contribution is 2.34. The Morgan fingerprint density at radius 2 is 2.05 bits per heavy atom. The monoisotopic (exact) mass is 300 g/mol. The summed E-state index contributed by atoms with van der Waals surface area (Å²) in [4.78, 5) is 22.5. The van der Waals surface area contributed by atoms with Crippen LogP contribution in [0, 0.1) is 10.1 Å². The van der Waals surface area contributed by atoms with Crippen LogP contribution in [0.5, 0.6) is 5.75 Å². The number of methoxy groups -OCH3 is 1. The quantitative estimate of drug-likeness (QED) is 0.532. The predicted octanol–water partition coefficient (Wildman–Crippen LogP) is 2.88. The van der Waals surface area contributed by atoms with Crippen LogP contribution in [-0.4, -0.2) is 18.0 Å². The summed E-state index contributed by atoms with van der Waals surface area (Å²) in [7, 11) is 1.36. The molecule has 3 rings (SSSR count). The fraction of sp³-hybridized carbons (Fsp3) is 0.133. The van der Waals surface area contributed by atoms with Crippen molar-refractivity contribution in [1.29, 1.82) is 0 Å². The summed E-state index contributed by atoms with van der Waals surface area (Å²) in [6.45, 7) is 0. The number of carbonyl (C=O) groups is 1. The molecule has 0 radical (unpaired) electrons. The van der Waals surface area contributed by atoms with E-state index in [-0.39, 0.29) is 11.4 Å². The number of carbonyl (C=O) groups excluding carboxylic acids is 1. The Balaban J connectivity index is 1.98. The lowest BCUT2D eigenvalue weighted by Gasteiger charge is -2.26. The van der Waals surface area contributed by atoms with E-state index in [2.05, 4.69) is 5.32 Å². The van der Waals surface area contributed by atoms with Gasteiger partial charge in [-0.2, -0.15) is 0 Å². The average molecular weight is 300 g/mol. The second kappa shape index (κ2) is 5.36. The molecule has 7 nitrogen and oxygen atoms in total. The zero-order valence-electron chi connectivity index (χ0n) is 11.6. The first-order valence-corrected chi connectivity index (χ1v) is 6.49. The van der Waals surface area contributed by atoms with Gasteiger partial charge in [0.25, 0.3) is 0 Å². The van der Waals surface area contributed by atoms with Gasteiger partial charge in [-0.25, -0.2) is 4.79 Å². The molecule has 1 N–H and O–H groups in total. The maximum absolute atomic E-state index is 12.0. The molecule has 2 aromatic rings. The number of nitrogens with one attached hydrogen (secondary N) is 1. The van der Waals surface area contributed by atoms with Crippen molar-refractivity contribution in [2.75, 3.05) is 12.4 Å². The number of fused-ring (bicyclic) bond motifs is 1. The van der Waals surface area contributed by atoms with Crippen LogP contribution in [-0.2, 0) is 4.74 Å². The minimum Gasteiger partial charge on any atom is -0.490 e. The summed E-state index contributed by atoms with van der Waals surface area (Å²) >= 11 is 0. The molecule has 0 saturated heterocycles. The average Bonchev–Trinajstić information content (AvgIpc) is 2.54. The maximum atomic E-state index is 12.0. The van der Waals surface area contributed by atoms with Crippen LogP contribution in [0.2, 0.25) is 0 Å². The summed E-state index contributed by atoms with van der Waals surface area (Å²) in [6, 6.07) is 11.3. The van der Waals surface area contributed by atoms with Crippen molar-refractivity contribution in [3.8, 4) is 5.75 Å². The normalized spacial score (nSPS) is 16.2. The topological polar surface area (TPSA) is 90.7 Å². The minimum absolute atomic E-state index is 0.149. The van der Waals surface area contributed by atoms with E-state index in [1.54, 1.807) is 30.3 Å². The minimum atomic E-state index is -0.785. The van der Waals surface area contributed by atoms with E-state index >= 15 is 0 Å². The van der Waals surface area contributed by atoms with E-state index in [0.29, 0.717) is 16.8 Å². The molecule has 2 aromatic carbocycles. The number of rotatable bonds is 3. The molecule has 0 bridgehead atoms. The third-order valence-electron chi connectivity index (χ3n) is 3.36. The Morgan fingerprint density at radius 3 is 2.77 bits per heavy atom. The number of hydrogen-bond acceptors (Lipinski definition) is 6. The lowest BCUT2D eigenvalue weighted by Crippen LogP contribution is -2.25. The first kappa shape index (κ1) is 13.9. The first-order chi connectivity index (χ1) is 10.6. The van der Waals surface area contributed by atoms with Crippen LogP contribution in [0.3, 0.4) is 0 Å². The summed E-state index contributed by atoms with van der Waals surface area (Å²) in [5.41, 5.74) is 1.34. The van der Waals surface area contributed by atoms with Gasteiger partial charge in [0.05, 0.1) is 23.3 Å². The van der Waals surface area contributed by atoms with E-state index in [1.165, 1.54) is 19.2 Å². The van der Waals surface area contributed by atoms with Gasteiger partial charge in [-0.15, -0.1) is 0 Å². The van der Waals surface area contributed by atoms with Crippen molar-refractivity contribution in [2.45, 2.75) is 6.23 Å². The van der Waals surface area contributed by atoms with Gasteiger partial charge >= 0.3 is 11.7 Å². The van der Waals surface area contributed by atoms with Crippen LogP contribution >= 0.6 is 0 Å².